The third kappa shape index (κ3) is 4.44. The number of ketones is 1. The van der Waals surface area contributed by atoms with Gasteiger partial charge in [-0.15, -0.1) is 0 Å². The molecule has 0 radical (unpaired) electrons. The number of aromatic nitrogens is 2. The summed E-state index contributed by atoms with van der Waals surface area (Å²) in [5.74, 6) is 1.03. The highest BCUT2D eigenvalue weighted by Crippen LogP contribution is 2.17. The molecular weight excluding hydrogens is 306 g/mol. The minimum atomic E-state index is -0.256. The van der Waals surface area contributed by atoms with Gasteiger partial charge in [0.25, 0.3) is 5.91 Å². The van der Waals surface area contributed by atoms with Crippen LogP contribution in [-0.2, 0) is 4.79 Å². The number of ether oxygens (including phenoxy) is 1. The number of Topliss-reactive ketones (excluding diaryl/α,β-unsaturated/α-hetero) is 1. The molecule has 2 rings (SSSR count). The molecule has 0 saturated heterocycles. The van der Waals surface area contributed by atoms with E-state index in [-0.39, 0.29) is 24.3 Å². The molecule has 1 aromatic carbocycles. The second-order valence-electron chi connectivity index (χ2n) is 5.56. The smallest absolute Gasteiger partial charge is 0.263 e. The maximum atomic E-state index is 12.0. The van der Waals surface area contributed by atoms with Crippen molar-refractivity contribution in [1.82, 2.24) is 9.78 Å². The van der Waals surface area contributed by atoms with Crippen molar-refractivity contribution in [3.05, 3.63) is 42.1 Å². The summed E-state index contributed by atoms with van der Waals surface area (Å²) in [5, 5.41) is 7.02. The van der Waals surface area contributed by atoms with Gasteiger partial charge in [-0.05, 0) is 37.6 Å². The fourth-order valence-corrected chi connectivity index (χ4v) is 2.21. The molecule has 1 heterocycles. The largest absolute Gasteiger partial charge is 0.484 e. The van der Waals surface area contributed by atoms with Gasteiger partial charge in [-0.25, -0.2) is 4.68 Å². The molecule has 0 fully saturated rings. The maximum absolute atomic E-state index is 12.0. The summed E-state index contributed by atoms with van der Waals surface area (Å²) >= 11 is 0. The average molecular weight is 329 g/mol. The van der Waals surface area contributed by atoms with E-state index < -0.39 is 0 Å². The van der Waals surface area contributed by atoms with Crippen LogP contribution in [0.25, 0.3) is 0 Å². The van der Waals surface area contributed by atoms with Gasteiger partial charge in [0.1, 0.15) is 11.6 Å². The van der Waals surface area contributed by atoms with Gasteiger partial charge in [0.2, 0.25) is 0 Å². The number of carbonyl (C=O) groups is 2. The van der Waals surface area contributed by atoms with Crippen LogP contribution in [0.2, 0.25) is 0 Å². The van der Waals surface area contributed by atoms with Crippen LogP contribution < -0.4 is 10.1 Å². The third-order valence-corrected chi connectivity index (χ3v) is 3.81. The van der Waals surface area contributed by atoms with Crippen LogP contribution in [0.3, 0.4) is 0 Å². The van der Waals surface area contributed by atoms with E-state index in [0.29, 0.717) is 23.6 Å². The van der Waals surface area contributed by atoms with E-state index in [1.807, 2.05) is 13.8 Å². The highest BCUT2D eigenvalue weighted by Gasteiger charge is 2.11. The van der Waals surface area contributed by atoms with Crippen molar-refractivity contribution in [3.8, 4) is 5.75 Å². The second kappa shape index (κ2) is 8.29. The van der Waals surface area contributed by atoms with Crippen molar-refractivity contribution in [2.75, 3.05) is 11.9 Å². The van der Waals surface area contributed by atoms with Crippen molar-refractivity contribution >= 4 is 17.5 Å². The molecule has 1 unspecified atom stereocenters. The van der Waals surface area contributed by atoms with Crippen LogP contribution in [0.15, 0.2) is 36.5 Å². The van der Waals surface area contributed by atoms with Crippen molar-refractivity contribution < 1.29 is 14.3 Å². The fraction of sp³-hybridized carbons (Fsp3) is 0.389. The van der Waals surface area contributed by atoms with E-state index in [0.717, 1.165) is 6.42 Å². The molecule has 1 aromatic heterocycles. The van der Waals surface area contributed by atoms with Gasteiger partial charge in [0.05, 0.1) is 12.2 Å². The first-order valence-electron chi connectivity index (χ1n) is 8.14. The highest BCUT2D eigenvalue weighted by molar-refractivity contribution is 5.96. The van der Waals surface area contributed by atoms with Crippen LogP contribution in [-0.4, -0.2) is 28.1 Å². The summed E-state index contributed by atoms with van der Waals surface area (Å²) in [4.78, 5) is 23.6. The van der Waals surface area contributed by atoms with E-state index in [2.05, 4.69) is 17.3 Å². The van der Waals surface area contributed by atoms with Crippen molar-refractivity contribution in [2.45, 2.75) is 39.7 Å². The molecular formula is C18H23N3O3. The zero-order chi connectivity index (χ0) is 17.5. The summed E-state index contributed by atoms with van der Waals surface area (Å²) in [6.45, 7) is 5.82. The Morgan fingerprint density at radius 3 is 2.54 bits per heavy atom. The molecule has 1 amide bonds. The molecule has 128 valence electrons. The van der Waals surface area contributed by atoms with Gasteiger partial charge in [0.15, 0.2) is 12.4 Å². The number of nitrogens with one attached hydrogen (secondary N) is 1. The molecule has 0 spiro atoms. The summed E-state index contributed by atoms with van der Waals surface area (Å²) in [6.07, 6.45) is 3.04. The summed E-state index contributed by atoms with van der Waals surface area (Å²) in [5.41, 5.74) is 0.645. The standard InChI is InChI=1S/C18H23N3O3/c1-4-13(3)21-17(10-11-19-21)20-18(23)12-24-15-8-6-14(7-9-15)16(22)5-2/h6-11,13H,4-5,12H2,1-3H3,(H,20,23). The first kappa shape index (κ1) is 17.7. The summed E-state index contributed by atoms with van der Waals surface area (Å²) in [7, 11) is 0. The molecule has 6 nitrogen and oxygen atoms in total. The minimum Gasteiger partial charge on any atom is -0.484 e. The number of anilines is 1. The fourth-order valence-electron chi connectivity index (χ4n) is 2.21. The van der Waals surface area contributed by atoms with Crippen molar-refractivity contribution in [1.29, 1.82) is 0 Å². The molecule has 1 atom stereocenters. The Labute approximate surface area is 141 Å². The third-order valence-electron chi connectivity index (χ3n) is 3.81. The van der Waals surface area contributed by atoms with Gasteiger partial charge in [-0.1, -0.05) is 13.8 Å². The van der Waals surface area contributed by atoms with E-state index in [1.165, 1.54) is 0 Å². The molecule has 6 heteroatoms. The molecule has 0 aliphatic rings. The predicted molar refractivity (Wildman–Crippen MR) is 92.4 cm³/mol. The molecule has 0 aliphatic carbocycles. The van der Waals surface area contributed by atoms with Gasteiger partial charge in [0, 0.05) is 18.1 Å². The first-order chi connectivity index (χ1) is 11.5. The van der Waals surface area contributed by atoms with Gasteiger partial charge in [-0.2, -0.15) is 5.10 Å². The Hall–Kier alpha value is -2.63. The van der Waals surface area contributed by atoms with Crippen LogP contribution in [0.5, 0.6) is 5.75 Å². The topological polar surface area (TPSA) is 73.2 Å². The summed E-state index contributed by atoms with van der Waals surface area (Å²) < 4.78 is 7.24. The lowest BCUT2D eigenvalue weighted by Crippen LogP contribution is -2.23. The van der Waals surface area contributed by atoms with Crippen LogP contribution in [0.1, 0.15) is 50.0 Å². The lowest BCUT2D eigenvalue weighted by Gasteiger charge is -2.14. The van der Waals surface area contributed by atoms with E-state index >= 15 is 0 Å². The van der Waals surface area contributed by atoms with Crippen LogP contribution in [0, 0.1) is 0 Å². The quantitative estimate of drug-likeness (QED) is 0.753. The Morgan fingerprint density at radius 1 is 1.21 bits per heavy atom. The van der Waals surface area contributed by atoms with Gasteiger partial charge < -0.3 is 10.1 Å². The predicted octanol–water partition coefficient (Wildman–Crippen LogP) is 3.46. The zero-order valence-corrected chi connectivity index (χ0v) is 14.3. The van der Waals surface area contributed by atoms with E-state index in [4.69, 9.17) is 4.74 Å². The number of rotatable bonds is 8. The molecule has 0 bridgehead atoms. The second-order valence-corrected chi connectivity index (χ2v) is 5.56. The molecule has 0 saturated carbocycles. The monoisotopic (exact) mass is 329 g/mol. The van der Waals surface area contributed by atoms with E-state index in [9.17, 15) is 9.59 Å². The lowest BCUT2D eigenvalue weighted by atomic mass is 10.1. The first-order valence-corrected chi connectivity index (χ1v) is 8.14. The lowest BCUT2D eigenvalue weighted by molar-refractivity contribution is -0.118. The molecule has 24 heavy (non-hydrogen) atoms. The number of amides is 1. The summed E-state index contributed by atoms with van der Waals surface area (Å²) in [6, 6.07) is 8.77. The number of carbonyl (C=O) groups excluding carboxylic acids is 2. The molecule has 2 aromatic rings. The Morgan fingerprint density at radius 2 is 1.92 bits per heavy atom. The Bertz CT molecular complexity index is 692. The number of hydrogen-bond donors (Lipinski definition) is 1. The van der Waals surface area contributed by atoms with Gasteiger partial charge >= 0.3 is 0 Å². The van der Waals surface area contributed by atoms with Gasteiger partial charge in [-0.3, -0.25) is 9.59 Å². The van der Waals surface area contributed by atoms with Crippen LogP contribution in [0.4, 0.5) is 5.82 Å². The van der Waals surface area contributed by atoms with Crippen LogP contribution >= 0.6 is 0 Å². The number of hydrogen-bond acceptors (Lipinski definition) is 4. The number of nitrogens with zero attached hydrogens (tertiary/aromatic N) is 2. The number of benzene rings is 1. The molecule has 0 aliphatic heterocycles. The minimum absolute atomic E-state index is 0.0811. The average Bonchev–Trinajstić information content (AvgIpc) is 3.07. The van der Waals surface area contributed by atoms with Crippen molar-refractivity contribution in [3.63, 3.8) is 0 Å². The SMILES string of the molecule is CCC(=O)c1ccc(OCC(=O)Nc2ccnn2C(C)CC)cc1. The maximum Gasteiger partial charge on any atom is 0.263 e. The normalized spacial score (nSPS) is 11.8. The highest BCUT2D eigenvalue weighted by atomic mass is 16.5. The van der Waals surface area contributed by atoms with E-state index in [1.54, 1.807) is 41.2 Å². The Balaban J connectivity index is 1.89. The molecule has 1 N–H and O–H groups in total. The Kier molecular flexibility index (Phi) is 6.12. The van der Waals surface area contributed by atoms with Crippen molar-refractivity contribution in [2.24, 2.45) is 0 Å². The zero-order valence-electron chi connectivity index (χ0n) is 14.3.